The Morgan fingerprint density at radius 3 is 2.39 bits per heavy atom. The van der Waals surface area contributed by atoms with E-state index < -0.39 is 32.7 Å². The number of rotatable bonds is 6. The van der Waals surface area contributed by atoms with Gasteiger partial charge in [-0.25, -0.2) is 13.2 Å². The number of allylic oxidation sites excluding steroid dienone is 2. The van der Waals surface area contributed by atoms with Crippen molar-refractivity contribution in [2.24, 2.45) is 5.16 Å². The maximum Gasteiger partial charge on any atom is 0.355 e. The molecule has 2 aliphatic rings. The van der Waals surface area contributed by atoms with Gasteiger partial charge in [-0.15, -0.1) is 0 Å². The molecule has 3 rings (SSSR count). The summed E-state index contributed by atoms with van der Waals surface area (Å²) >= 11 is 3.37. The Labute approximate surface area is 220 Å². The van der Waals surface area contributed by atoms with Gasteiger partial charge < -0.3 is 14.5 Å². The van der Waals surface area contributed by atoms with Crippen molar-refractivity contribution in [1.82, 2.24) is 9.80 Å². The molecule has 36 heavy (non-hydrogen) atoms. The first kappa shape index (κ1) is 27.7. The number of β-lactam (4-membered cyclic amide) rings is 1. The van der Waals surface area contributed by atoms with Crippen LogP contribution in [0.5, 0.6) is 0 Å². The summed E-state index contributed by atoms with van der Waals surface area (Å²) in [6.07, 6.45) is 2.80. The van der Waals surface area contributed by atoms with Crippen molar-refractivity contribution in [2.45, 2.75) is 52.2 Å². The van der Waals surface area contributed by atoms with E-state index >= 15 is 0 Å². The fourth-order valence-corrected chi connectivity index (χ4v) is 6.10. The molecular formula is C25H30BrN3O6S. The van der Waals surface area contributed by atoms with Gasteiger partial charge in [-0.3, -0.25) is 9.69 Å². The van der Waals surface area contributed by atoms with Crippen molar-refractivity contribution < 1.29 is 27.6 Å². The van der Waals surface area contributed by atoms with Gasteiger partial charge in [0.05, 0.1) is 16.2 Å². The number of oxime groups is 1. The molecule has 0 aromatic heterocycles. The summed E-state index contributed by atoms with van der Waals surface area (Å²) in [5.74, 6) is -1.37. The van der Waals surface area contributed by atoms with Crippen LogP contribution >= 0.6 is 15.9 Å². The second-order valence-corrected chi connectivity index (χ2v) is 12.6. The Kier molecular flexibility index (Phi) is 7.85. The lowest BCUT2D eigenvalue weighted by atomic mass is 10.0. The lowest BCUT2D eigenvalue weighted by Crippen LogP contribution is -2.62. The SMILES string of the molecule is CC1=C(C(=O)OC(C)(C)C)N2C(=O)/C(=C/C(C)=N\OCc3ccc(Br)cc3)C2S(=O)(=O)/C1=C/N(C)C. The number of sulfone groups is 1. The minimum atomic E-state index is -4.02. The molecule has 194 valence electrons. The fraction of sp³-hybridized carbons (Fsp3) is 0.400. The maximum absolute atomic E-state index is 13.5. The summed E-state index contributed by atoms with van der Waals surface area (Å²) in [5, 5.41) is 2.64. The first-order valence-electron chi connectivity index (χ1n) is 11.2. The van der Waals surface area contributed by atoms with E-state index in [4.69, 9.17) is 9.57 Å². The normalized spacial score (nSPS) is 21.9. The molecule has 1 unspecified atom stereocenters. The van der Waals surface area contributed by atoms with Crippen LogP contribution in [0.25, 0.3) is 0 Å². The van der Waals surface area contributed by atoms with Gasteiger partial charge >= 0.3 is 5.97 Å². The molecule has 0 spiro atoms. The predicted molar refractivity (Wildman–Crippen MR) is 140 cm³/mol. The van der Waals surface area contributed by atoms with Gasteiger partial charge in [-0.1, -0.05) is 33.2 Å². The molecule has 1 saturated heterocycles. The van der Waals surface area contributed by atoms with Crippen LogP contribution in [0, 0.1) is 0 Å². The molecule has 1 atom stereocenters. The van der Waals surface area contributed by atoms with Crippen LogP contribution in [0.2, 0.25) is 0 Å². The van der Waals surface area contributed by atoms with Crippen LogP contribution in [0.3, 0.4) is 0 Å². The highest BCUT2D eigenvalue weighted by Crippen LogP contribution is 2.45. The van der Waals surface area contributed by atoms with Crippen LogP contribution in [-0.4, -0.2) is 60.9 Å². The molecular weight excluding hydrogens is 550 g/mol. The van der Waals surface area contributed by atoms with Gasteiger partial charge in [-0.2, -0.15) is 0 Å². The van der Waals surface area contributed by atoms with Crippen molar-refractivity contribution in [3.8, 4) is 0 Å². The average molecular weight is 581 g/mol. The highest BCUT2D eigenvalue weighted by atomic mass is 79.9. The van der Waals surface area contributed by atoms with E-state index in [1.165, 1.54) is 19.2 Å². The molecule has 9 nitrogen and oxygen atoms in total. The second-order valence-electron chi connectivity index (χ2n) is 9.74. The fourth-order valence-electron chi connectivity index (χ4n) is 3.74. The lowest BCUT2D eigenvalue weighted by Gasteiger charge is -2.46. The van der Waals surface area contributed by atoms with Gasteiger partial charge in [0.1, 0.15) is 17.9 Å². The Morgan fingerprint density at radius 1 is 1.22 bits per heavy atom. The van der Waals surface area contributed by atoms with Gasteiger partial charge in [0.2, 0.25) is 9.84 Å². The topological polar surface area (TPSA) is 106 Å². The first-order chi connectivity index (χ1) is 16.6. The van der Waals surface area contributed by atoms with Crippen LogP contribution in [0.15, 0.2) is 67.9 Å². The van der Waals surface area contributed by atoms with Crippen molar-refractivity contribution in [1.29, 1.82) is 0 Å². The van der Waals surface area contributed by atoms with E-state index in [1.54, 1.807) is 46.7 Å². The third-order valence-corrected chi connectivity index (χ3v) is 7.82. The number of carbonyl (C=O) groups excluding carboxylic acids is 2. The summed E-state index contributed by atoms with van der Waals surface area (Å²) in [6, 6.07) is 7.51. The number of halogens is 1. The van der Waals surface area contributed by atoms with Crippen molar-refractivity contribution in [3.63, 3.8) is 0 Å². The number of esters is 1. The van der Waals surface area contributed by atoms with Gasteiger partial charge in [0.25, 0.3) is 5.91 Å². The van der Waals surface area contributed by atoms with Crippen molar-refractivity contribution in [3.05, 3.63) is 68.3 Å². The van der Waals surface area contributed by atoms with E-state index in [1.807, 2.05) is 24.3 Å². The largest absolute Gasteiger partial charge is 0.455 e. The zero-order chi connectivity index (χ0) is 27.0. The van der Waals surface area contributed by atoms with Crippen LogP contribution in [-0.2, 0) is 35.6 Å². The van der Waals surface area contributed by atoms with E-state index in [0.717, 1.165) is 14.9 Å². The highest BCUT2D eigenvalue weighted by Gasteiger charge is 2.58. The van der Waals surface area contributed by atoms with E-state index in [-0.39, 0.29) is 28.4 Å². The number of carbonyl (C=O) groups is 2. The third kappa shape index (κ3) is 5.73. The van der Waals surface area contributed by atoms with Crippen molar-refractivity contribution in [2.75, 3.05) is 14.1 Å². The molecule has 1 aromatic carbocycles. The van der Waals surface area contributed by atoms with Crippen molar-refractivity contribution >= 4 is 43.4 Å². The molecule has 1 fully saturated rings. The summed E-state index contributed by atoms with van der Waals surface area (Å²) < 4.78 is 33.5. The summed E-state index contributed by atoms with van der Waals surface area (Å²) in [7, 11) is -0.668. The van der Waals surface area contributed by atoms with E-state index in [9.17, 15) is 18.0 Å². The molecule has 2 aliphatic heterocycles. The minimum Gasteiger partial charge on any atom is -0.455 e. The minimum absolute atomic E-state index is 0.00158. The number of ether oxygens (including phenoxy) is 1. The van der Waals surface area contributed by atoms with E-state index in [0.29, 0.717) is 5.71 Å². The molecule has 0 radical (unpaired) electrons. The standard InChI is InChI=1S/C25H30BrN3O6S/c1-15(27-34-14-17-8-10-18(26)11-9-17)12-19-22(30)29-21(24(31)35-25(3,4)5)16(2)20(13-28(6)7)36(32,33)23(19)29/h8-13,23H,14H2,1-7H3/b19-12-,20-13+,27-15-. The molecule has 0 bridgehead atoms. The Balaban J connectivity index is 1.96. The number of benzene rings is 1. The summed E-state index contributed by atoms with van der Waals surface area (Å²) in [4.78, 5) is 34.1. The maximum atomic E-state index is 13.5. The van der Waals surface area contributed by atoms with Crippen LogP contribution in [0.1, 0.15) is 40.2 Å². The quantitative estimate of drug-likeness (QED) is 0.165. The Morgan fingerprint density at radius 2 is 1.83 bits per heavy atom. The zero-order valence-corrected chi connectivity index (χ0v) is 23.7. The summed E-state index contributed by atoms with van der Waals surface area (Å²) in [6.45, 7) is 8.41. The third-order valence-electron chi connectivity index (χ3n) is 5.22. The molecule has 0 aliphatic carbocycles. The van der Waals surface area contributed by atoms with Crippen LogP contribution in [0.4, 0.5) is 0 Å². The second kappa shape index (κ2) is 10.2. The van der Waals surface area contributed by atoms with Gasteiger partial charge in [0, 0.05) is 30.3 Å². The Bertz CT molecular complexity index is 1300. The molecule has 2 heterocycles. The number of nitrogens with zero attached hydrogens (tertiary/aromatic N) is 3. The molecule has 1 amide bonds. The number of amides is 1. The smallest absolute Gasteiger partial charge is 0.355 e. The number of fused-ring (bicyclic) bond motifs is 1. The van der Waals surface area contributed by atoms with Gasteiger partial charge in [0.15, 0.2) is 5.37 Å². The highest BCUT2D eigenvalue weighted by molar-refractivity contribution is 9.10. The molecule has 0 N–H and O–H groups in total. The first-order valence-corrected chi connectivity index (χ1v) is 13.5. The average Bonchev–Trinajstić information content (AvgIpc) is 2.75. The molecule has 11 heteroatoms. The molecule has 1 aromatic rings. The lowest BCUT2D eigenvalue weighted by molar-refractivity contribution is -0.155. The van der Waals surface area contributed by atoms with Crippen LogP contribution < -0.4 is 0 Å². The monoisotopic (exact) mass is 579 g/mol. The molecule has 0 saturated carbocycles. The predicted octanol–water partition coefficient (Wildman–Crippen LogP) is 3.88. The summed E-state index contributed by atoms with van der Waals surface area (Å²) in [5.41, 5.74) is 0.453. The number of hydrogen-bond donors (Lipinski definition) is 0. The zero-order valence-electron chi connectivity index (χ0n) is 21.3. The Hall–Kier alpha value is -2.92. The van der Waals surface area contributed by atoms with E-state index in [2.05, 4.69) is 21.1 Å². The van der Waals surface area contributed by atoms with Gasteiger partial charge in [-0.05, 0) is 58.4 Å². The number of hydrogen-bond acceptors (Lipinski definition) is 8.